The second-order valence-corrected chi connectivity index (χ2v) is 6.42. The summed E-state index contributed by atoms with van der Waals surface area (Å²) in [5, 5.41) is 0. The maximum atomic E-state index is 12.7. The molecule has 0 bridgehead atoms. The van der Waals surface area contributed by atoms with Gasteiger partial charge in [0, 0.05) is 44.7 Å². The van der Waals surface area contributed by atoms with E-state index >= 15 is 0 Å². The maximum Gasteiger partial charge on any atom is 0.387 e. The minimum atomic E-state index is -3.00. The monoisotopic (exact) mass is 382 g/mol. The first kappa shape index (κ1) is 20.7. The second kappa shape index (κ2) is 9.34. The molecule has 1 aliphatic heterocycles. The summed E-state index contributed by atoms with van der Waals surface area (Å²) >= 11 is 0. The zero-order valence-electron chi connectivity index (χ0n) is 15.7. The van der Waals surface area contributed by atoms with E-state index in [4.69, 9.17) is 4.74 Å². The Balaban J connectivity index is 2.04. The third kappa shape index (κ3) is 5.42. The number of likely N-dealkylation sites (tertiary alicyclic amines) is 1. The Labute approximate surface area is 157 Å². The van der Waals surface area contributed by atoms with Crippen LogP contribution in [-0.4, -0.2) is 62.5 Å². The van der Waals surface area contributed by atoms with E-state index in [1.807, 2.05) is 0 Å². The largest absolute Gasteiger partial charge is 0.493 e. The van der Waals surface area contributed by atoms with Gasteiger partial charge in [-0.25, -0.2) is 0 Å². The average molecular weight is 382 g/mol. The van der Waals surface area contributed by atoms with Crippen LogP contribution >= 0.6 is 0 Å². The predicted molar refractivity (Wildman–Crippen MR) is 96.7 cm³/mol. The van der Waals surface area contributed by atoms with Crippen LogP contribution in [0.5, 0.6) is 11.5 Å². The molecule has 0 unspecified atom stereocenters. The molecule has 1 heterocycles. The number of piperidine rings is 1. The first-order chi connectivity index (χ1) is 12.8. The van der Waals surface area contributed by atoms with Gasteiger partial charge >= 0.3 is 6.61 Å². The molecule has 1 aromatic carbocycles. The third-order valence-corrected chi connectivity index (χ3v) is 4.44. The van der Waals surface area contributed by atoms with Crippen LogP contribution in [0.15, 0.2) is 24.3 Å². The summed E-state index contributed by atoms with van der Waals surface area (Å²) in [6, 6.07) is 4.69. The molecule has 6 nitrogen and oxygen atoms in total. The second-order valence-electron chi connectivity index (χ2n) is 6.42. The highest BCUT2D eigenvalue weighted by Gasteiger charge is 2.27. The van der Waals surface area contributed by atoms with E-state index in [1.165, 1.54) is 25.3 Å². The van der Waals surface area contributed by atoms with E-state index in [0.717, 1.165) is 0 Å². The molecule has 0 radical (unpaired) electrons. The Hall–Kier alpha value is -2.64. The van der Waals surface area contributed by atoms with Crippen molar-refractivity contribution in [1.29, 1.82) is 0 Å². The zero-order valence-corrected chi connectivity index (χ0v) is 15.7. The predicted octanol–water partition coefficient (Wildman–Crippen LogP) is 2.64. The van der Waals surface area contributed by atoms with Gasteiger partial charge in [0.25, 0.3) is 0 Å². The normalized spacial score (nSPS) is 15.3. The molecule has 1 aromatic rings. The molecular formula is C19H24F2N2O4. The number of para-hydroxylation sites is 1. The summed E-state index contributed by atoms with van der Waals surface area (Å²) in [6.45, 7) is -2.05. The maximum absolute atomic E-state index is 12.7. The van der Waals surface area contributed by atoms with Gasteiger partial charge in [-0.1, -0.05) is 12.1 Å². The van der Waals surface area contributed by atoms with Crippen LogP contribution < -0.4 is 9.47 Å². The van der Waals surface area contributed by atoms with Gasteiger partial charge in [-0.3, -0.25) is 9.59 Å². The van der Waals surface area contributed by atoms with E-state index in [9.17, 15) is 18.4 Å². The van der Waals surface area contributed by atoms with Gasteiger partial charge in [-0.2, -0.15) is 8.78 Å². The minimum Gasteiger partial charge on any atom is -0.493 e. The molecule has 2 amide bonds. The Morgan fingerprint density at radius 1 is 1.26 bits per heavy atom. The number of carbonyl (C=O) groups is 2. The smallest absolute Gasteiger partial charge is 0.387 e. The van der Waals surface area contributed by atoms with Gasteiger partial charge in [0.15, 0.2) is 11.5 Å². The van der Waals surface area contributed by atoms with Crippen molar-refractivity contribution in [3.05, 3.63) is 29.8 Å². The zero-order chi connectivity index (χ0) is 20.0. The van der Waals surface area contributed by atoms with Gasteiger partial charge in [0.2, 0.25) is 11.8 Å². The number of methoxy groups -OCH3 is 1. The fourth-order valence-corrected chi connectivity index (χ4v) is 3.02. The van der Waals surface area contributed by atoms with Gasteiger partial charge in [-0.15, -0.1) is 0 Å². The van der Waals surface area contributed by atoms with Crippen LogP contribution in [0.2, 0.25) is 0 Å². The van der Waals surface area contributed by atoms with Crippen LogP contribution in [-0.2, 0) is 9.59 Å². The average Bonchev–Trinajstić information content (AvgIpc) is 2.65. The fraction of sp³-hybridized carbons (Fsp3) is 0.474. The van der Waals surface area contributed by atoms with Gasteiger partial charge in [0.05, 0.1) is 7.11 Å². The van der Waals surface area contributed by atoms with Crippen LogP contribution in [0.4, 0.5) is 8.78 Å². The van der Waals surface area contributed by atoms with Crippen LogP contribution in [0, 0.1) is 5.92 Å². The summed E-state index contributed by atoms with van der Waals surface area (Å²) in [5.74, 6) is -0.195. The topological polar surface area (TPSA) is 59.1 Å². The molecule has 1 fully saturated rings. The molecule has 1 aliphatic rings. The van der Waals surface area contributed by atoms with Crippen molar-refractivity contribution < 1.29 is 27.8 Å². The van der Waals surface area contributed by atoms with Crippen LogP contribution in [0.25, 0.3) is 6.08 Å². The van der Waals surface area contributed by atoms with E-state index in [0.29, 0.717) is 31.5 Å². The lowest BCUT2D eigenvalue weighted by Gasteiger charge is -2.31. The molecule has 0 saturated carbocycles. The number of alkyl halides is 2. The molecule has 0 aliphatic carbocycles. The van der Waals surface area contributed by atoms with Crippen molar-refractivity contribution in [2.45, 2.75) is 19.5 Å². The van der Waals surface area contributed by atoms with Gasteiger partial charge in [-0.05, 0) is 25.0 Å². The summed E-state index contributed by atoms with van der Waals surface area (Å²) in [4.78, 5) is 27.6. The first-order valence-electron chi connectivity index (χ1n) is 8.63. The number of halogens is 2. The number of hydrogen-bond acceptors (Lipinski definition) is 4. The van der Waals surface area contributed by atoms with Crippen molar-refractivity contribution in [2.75, 3.05) is 34.3 Å². The van der Waals surface area contributed by atoms with Crippen molar-refractivity contribution in [3.63, 3.8) is 0 Å². The highest BCUT2D eigenvalue weighted by Crippen LogP contribution is 2.33. The molecule has 0 atom stereocenters. The number of ether oxygens (including phenoxy) is 2. The number of benzene rings is 1. The lowest BCUT2D eigenvalue weighted by atomic mass is 9.95. The Morgan fingerprint density at radius 3 is 2.48 bits per heavy atom. The number of rotatable bonds is 6. The fourth-order valence-electron chi connectivity index (χ4n) is 3.02. The molecule has 0 N–H and O–H groups in total. The van der Waals surface area contributed by atoms with E-state index < -0.39 is 6.61 Å². The molecular weight excluding hydrogens is 358 g/mol. The summed E-state index contributed by atoms with van der Waals surface area (Å²) in [5.41, 5.74) is 0.320. The lowest BCUT2D eigenvalue weighted by molar-refractivity contribution is -0.137. The van der Waals surface area contributed by atoms with Crippen LogP contribution in [0.1, 0.15) is 18.4 Å². The standard InChI is InChI=1S/C19H24F2N2O4/c1-22(2)18(25)14-9-11-23(12-10-14)16(24)8-7-13-5-4-6-15(26-3)17(13)27-19(20)21/h4-8,14,19H,9-12H2,1-3H3/b8-7+. The Morgan fingerprint density at radius 2 is 1.93 bits per heavy atom. The van der Waals surface area contributed by atoms with Gasteiger partial charge in [0.1, 0.15) is 0 Å². The number of hydrogen-bond donors (Lipinski definition) is 0. The molecule has 0 spiro atoms. The quantitative estimate of drug-likeness (QED) is 0.710. The molecule has 2 rings (SSSR count). The minimum absolute atomic E-state index is 0.0718. The van der Waals surface area contributed by atoms with Crippen LogP contribution in [0.3, 0.4) is 0 Å². The molecule has 27 heavy (non-hydrogen) atoms. The molecule has 1 saturated heterocycles. The number of amides is 2. The van der Waals surface area contributed by atoms with E-state index in [2.05, 4.69) is 4.74 Å². The SMILES string of the molecule is COc1cccc(/C=C/C(=O)N2CCC(C(=O)N(C)C)CC2)c1OC(F)F. The Kier molecular flexibility index (Phi) is 7.15. The number of nitrogens with zero attached hydrogens (tertiary/aromatic N) is 2. The lowest BCUT2D eigenvalue weighted by Crippen LogP contribution is -2.42. The van der Waals surface area contributed by atoms with Crippen molar-refractivity contribution in [3.8, 4) is 11.5 Å². The van der Waals surface area contributed by atoms with Gasteiger partial charge < -0.3 is 19.3 Å². The summed E-state index contributed by atoms with van der Waals surface area (Å²) < 4.78 is 34.9. The van der Waals surface area contributed by atoms with Crippen molar-refractivity contribution in [1.82, 2.24) is 9.80 Å². The summed E-state index contributed by atoms with van der Waals surface area (Å²) in [7, 11) is 4.79. The van der Waals surface area contributed by atoms with Crippen molar-refractivity contribution in [2.24, 2.45) is 5.92 Å². The van der Waals surface area contributed by atoms with E-state index in [1.54, 1.807) is 36.0 Å². The van der Waals surface area contributed by atoms with E-state index in [-0.39, 0.29) is 29.2 Å². The highest BCUT2D eigenvalue weighted by atomic mass is 19.3. The number of carbonyl (C=O) groups excluding carboxylic acids is 2. The molecule has 8 heteroatoms. The van der Waals surface area contributed by atoms with Crippen molar-refractivity contribution >= 4 is 17.9 Å². The molecule has 148 valence electrons. The third-order valence-electron chi connectivity index (χ3n) is 4.44. The first-order valence-corrected chi connectivity index (χ1v) is 8.63. The Bertz CT molecular complexity index is 699. The summed E-state index contributed by atoms with van der Waals surface area (Å²) in [6.07, 6.45) is 3.96. The molecule has 0 aromatic heterocycles. The highest BCUT2D eigenvalue weighted by molar-refractivity contribution is 5.92.